The van der Waals surface area contributed by atoms with E-state index >= 15 is 0 Å². The number of carbonyl (C=O) groups excluding carboxylic acids is 2. The lowest BCUT2D eigenvalue weighted by atomic mass is 10.1. The molecule has 166 valence electrons. The molecule has 0 radical (unpaired) electrons. The fourth-order valence-electron chi connectivity index (χ4n) is 3.43. The van der Waals surface area contributed by atoms with Crippen molar-refractivity contribution in [3.8, 4) is 11.5 Å². The lowest BCUT2D eigenvalue weighted by Crippen LogP contribution is -2.09. The molecule has 0 amide bonds. The largest absolute Gasteiger partial charge is 0.494 e. The molecular weight excluding hydrogens is 423 g/mol. The third-order valence-electron chi connectivity index (χ3n) is 5.02. The molecule has 3 aromatic carbocycles. The van der Waals surface area contributed by atoms with E-state index in [1.807, 2.05) is 6.92 Å². The monoisotopic (exact) mass is 444 g/mol. The molecule has 5 nitrogen and oxygen atoms in total. The maximum atomic E-state index is 13.7. The van der Waals surface area contributed by atoms with Gasteiger partial charge in [0.25, 0.3) is 0 Å². The number of ether oxygens (including phenoxy) is 2. The predicted octanol–water partition coefficient (Wildman–Crippen LogP) is 6.39. The van der Waals surface area contributed by atoms with Crippen LogP contribution in [0.2, 0.25) is 0 Å². The van der Waals surface area contributed by atoms with Gasteiger partial charge in [0.05, 0.1) is 6.61 Å². The summed E-state index contributed by atoms with van der Waals surface area (Å²) in [4.78, 5) is 25.2. The molecule has 0 unspecified atom stereocenters. The minimum atomic E-state index is -0.571. The summed E-state index contributed by atoms with van der Waals surface area (Å²) in [6.45, 7) is 4.08. The summed E-state index contributed by atoms with van der Waals surface area (Å²) in [5.74, 6) is 0.0816. The summed E-state index contributed by atoms with van der Waals surface area (Å²) in [6.07, 6.45) is 2.73. The fourth-order valence-corrected chi connectivity index (χ4v) is 3.43. The first-order valence-electron chi connectivity index (χ1n) is 10.4. The Bertz CT molecular complexity index is 1350. The van der Waals surface area contributed by atoms with Crippen molar-refractivity contribution in [1.29, 1.82) is 0 Å². The van der Waals surface area contributed by atoms with Crippen LogP contribution in [-0.2, 0) is 0 Å². The summed E-state index contributed by atoms with van der Waals surface area (Å²) in [6, 6.07) is 17.6. The van der Waals surface area contributed by atoms with Crippen molar-refractivity contribution in [3.05, 3.63) is 101 Å². The van der Waals surface area contributed by atoms with Gasteiger partial charge in [-0.25, -0.2) is 9.18 Å². The SMILES string of the molecule is CCOc1ccc2oc(C)c(C(=O)Oc3ccc(C(=O)C=Cc4ccccc4F)cc3)c2c1. The van der Waals surface area contributed by atoms with E-state index in [0.29, 0.717) is 45.8 Å². The maximum Gasteiger partial charge on any atom is 0.347 e. The summed E-state index contributed by atoms with van der Waals surface area (Å²) >= 11 is 0. The zero-order chi connectivity index (χ0) is 23.4. The Morgan fingerprint density at radius 1 is 1.00 bits per heavy atom. The van der Waals surface area contributed by atoms with Crippen molar-refractivity contribution in [1.82, 2.24) is 0 Å². The van der Waals surface area contributed by atoms with E-state index < -0.39 is 11.8 Å². The minimum absolute atomic E-state index is 0.282. The Morgan fingerprint density at radius 3 is 2.45 bits per heavy atom. The average molecular weight is 444 g/mol. The molecule has 0 saturated carbocycles. The molecule has 0 atom stereocenters. The van der Waals surface area contributed by atoms with E-state index in [1.165, 1.54) is 30.4 Å². The molecular formula is C27H21FO5. The van der Waals surface area contributed by atoms with Crippen LogP contribution in [0, 0.1) is 12.7 Å². The van der Waals surface area contributed by atoms with Crippen molar-refractivity contribution >= 4 is 28.8 Å². The summed E-state index contributed by atoms with van der Waals surface area (Å²) in [5, 5.41) is 0.605. The van der Waals surface area contributed by atoms with Crippen LogP contribution in [0.15, 0.2) is 77.2 Å². The van der Waals surface area contributed by atoms with Crippen molar-refractivity contribution in [2.45, 2.75) is 13.8 Å². The van der Waals surface area contributed by atoms with Gasteiger partial charge in [0.1, 0.15) is 34.2 Å². The highest BCUT2D eigenvalue weighted by molar-refractivity contribution is 6.07. The van der Waals surface area contributed by atoms with E-state index in [0.717, 1.165) is 0 Å². The molecule has 0 saturated heterocycles. The van der Waals surface area contributed by atoms with Crippen LogP contribution in [0.4, 0.5) is 4.39 Å². The zero-order valence-electron chi connectivity index (χ0n) is 18.1. The molecule has 0 aliphatic heterocycles. The third kappa shape index (κ3) is 4.85. The summed E-state index contributed by atoms with van der Waals surface area (Å²) in [7, 11) is 0. The van der Waals surface area contributed by atoms with Crippen molar-refractivity contribution in [2.24, 2.45) is 0 Å². The third-order valence-corrected chi connectivity index (χ3v) is 5.02. The molecule has 6 heteroatoms. The van der Waals surface area contributed by atoms with Crippen molar-refractivity contribution in [2.75, 3.05) is 6.61 Å². The number of hydrogen-bond acceptors (Lipinski definition) is 5. The van der Waals surface area contributed by atoms with E-state index in [2.05, 4.69) is 0 Å². The molecule has 4 rings (SSSR count). The quantitative estimate of drug-likeness (QED) is 0.143. The maximum absolute atomic E-state index is 13.7. The van der Waals surface area contributed by atoms with Crippen LogP contribution in [0.25, 0.3) is 17.0 Å². The predicted molar refractivity (Wildman–Crippen MR) is 123 cm³/mol. The zero-order valence-corrected chi connectivity index (χ0v) is 18.1. The Hall–Kier alpha value is -4.19. The molecule has 0 aliphatic rings. The lowest BCUT2D eigenvalue weighted by Gasteiger charge is -2.06. The number of esters is 1. The second-order valence-electron chi connectivity index (χ2n) is 7.26. The fraction of sp³-hybridized carbons (Fsp3) is 0.111. The highest BCUT2D eigenvalue weighted by atomic mass is 19.1. The van der Waals surface area contributed by atoms with Gasteiger partial charge >= 0.3 is 5.97 Å². The Kier molecular flexibility index (Phi) is 6.36. The highest BCUT2D eigenvalue weighted by Crippen LogP contribution is 2.30. The van der Waals surface area contributed by atoms with E-state index in [-0.39, 0.29) is 11.5 Å². The first-order valence-corrected chi connectivity index (χ1v) is 10.4. The molecule has 1 aromatic heterocycles. The number of rotatable bonds is 7. The molecule has 1 heterocycles. The number of fused-ring (bicyclic) bond motifs is 1. The van der Waals surface area contributed by atoms with Gasteiger partial charge in [0, 0.05) is 16.5 Å². The summed E-state index contributed by atoms with van der Waals surface area (Å²) in [5.41, 5.74) is 1.59. The number of ketones is 1. The smallest absolute Gasteiger partial charge is 0.347 e. The highest BCUT2D eigenvalue weighted by Gasteiger charge is 2.21. The van der Waals surface area contributed by atoms with Gasteiger partial charge in [-0.05, 0) is 74.5 Å². The van der Waals surface area contributed by atoms with Gasteiger partial charge in [-0.2, -0.15) is 0 Å². The minimum Gasteiger partial charge on any atom is -0.494 e. The average Bonchev–Trinajstić information content (AvgIpc) is 3.14. The molecule has 0 fully saturated rings. The van der Waals surface area contributed by atoms with Crippen LogP contribution < -0.4 is 9.47 Å². The van der Waals surface area contributed by atoms with Crippen molar-refractivity contribution < 1.29 is 27.9 Å². The second kappa shape index (κ2) is 9.53. The Balaban J connectivity index is 1.49. The number of halogens is 1. The lowest BCUT2D eigenvalue weighted by molar-refractivity contribution is 0.0734. The van der Waals surface area contributed by atoms with Gasteiger partial charge in [0.2, 0.25) is 0 Å². The molecule has 4 aromatic rings. The molecule has 0 aliphatic carbocycles. The van der Waals surface area contributed by atoms with Crippen LogP contribution in [0.5, 0.6) is 11.5 Å². The number of furan rings is 1. The van der Waals surface area contributed by atoms with Gasteiger partial charge in [-0.3, -0.25) is 4.79 Å². The van der Waals surface area contributed by atoms with Gasteiger partial charge in [0.15, 0.2) is 5.78 Å². The number of hydrogen-bond donors (Lipinski definition) is 0. The number of carbonyl (C=O) groups is 2. The molecule has 0 spiro atoms. The van der Waals surface area contributed by atoms with Crippen LogP contribution in [-0.4, -0.2) is 18.4 Å². The molecule has 0 N–H and O–H groups in total. The summed E-state index contributed by atoms with van der Waals surface area (Å²) < 4.78 is 30.4. The van der Waals surface area contributed by atoms with Crippen LogP contribution in [0.3, 0.4) is 0 Å². The number of aryl methyl sites for hydroxylation is 1. The Morgan fingerprint density at radius 2 is 1.73 bits per heavy atom. The topological polar surface area (TPSA) is 65.7 Å². The van der Waals surface area contributed by atoms with E-state index in [1.54, 1.807) is 55.5 Å². The van der Waals surface area contributed by atoms with E-state index in [9.17, 15) is 14.0 Å². The van der Waals surface area contributed by atoms with Gasteiger partial charge in [-0.15, -0.1) is 0 Å². The van der Waals surface area contributed by atoms with Crippen molar-refractivity contribution in [3.63, 3.8) is 0 Å². The van der Waals surface area contributed by atoms with Crippen LogP contribution >= 0.6 is 0 Å². The number of allylic oxidation sites excluding steroid dienone is 1. The first kappa shape index (κ1) is 22.0. The number of benzene rings is 3. The van der Waals surface area contributed by atoms with Gasteiger partial charge < -0.3 is 13.9 Å². The van der Waals surface area contributed by atoms with E-state index in [4.69, 9.17) is 13.9 Å². The first-order chi connectivity index (χ1) is 16.0. The molecule has 0 bridgehead atoms. The van der Waals surface area contributed by atoms with Gasteiger partial charge in [-0.1, -0.05) is 18.2 Å². The van der Waals surface area contributed by atoms with Crippen LogP contribution in [0.1, 0.15) is 39.0 Å². The normalized spacial score (nSPS) is 11.1. The molecule has 33 heavy (non-hydrogen) atoms. The Labute approximate surface area is 190 Å². The second-order valence-corrected chi connectivity index (χ2v) is 7.26. The standard InChI is InChI=1S/C27H21FO5/c1-3-31-21-13-15-25-22(16-21)26(17(2)32-25)27(30)33-20-11-8-19(9-12-20)24(29)14-10-18-6-4-5-7-23(18)28/h4-16H,3H2,1-2H3.